The molecule has 3 nitrogen and oxygen atoms in total. The highest BCUT2D eigenvalue weighted by molar-refractivity contribution is 5.48. The second-order valence-corrected chi connectivity index (χ2v) is 3.22. The Labute approximate surface area is 85.9 Å². The Morgan fingerprint density at radius 1 is 1.40 bits per heavy atom. The lowest BCUT2D eigenvalue weighted by Gasteiger charge is -2.16. The normalized spacial score (nSPS) is 12.6. The SMILES string of the molecule is COc1c(F)cc(F)c(O)c1C(C)CO. The van der Waals surface area contributed by atoms with Gasteiger partial charge in [-0.05, 0) is 0 Å². The number of aliphatic hydroxyl groups is 1. The summed E-state index contributed by atoms with van der Waals surface area (Å²) in [5, 5.41) is 18.3. The summed E-state index contributed by atoms with van der Waals surface area (Å²) in [5.74, 6) is -3.50. The fourth-order valence-corrected chi connectivity index (χ4v) is 1.37. The number of halogens is 2. The molecule has 0 aromatic heterocycles. The molecule has 1 rings (SSSR count). The second kappa shape index (κ2) is 4.44. The number of aliphatic hydroxyl groups excluding tert-OH is 1. The van der Waals surface area contributed by atoms with Crippen LogP contribution < -0.4 is 4.74 Å². The predicted molar refractivity (Wildman–Crippen MR) is 50.1 cm³/mol. The van der Waals surface area contributed by atoms with Gasteiger partial charge in [0.15, 0.2) is 23.1 Å². The summed E-state index contributed by atoms with van der Waals surface area (Å²) < 4.78 is 31.0. The second-order valence-electron chi connectivity index (χ2n) is 3.22. The molecule has 1 atom stereocenters. The van der Waals surface area contributed by atoms with Gasteiger partial charge in [0.05, 0.1) is 7.11 Å². The molecular weight excluding hydrogens is 206 g/mol. The van der Waals surface area contributed by atoms with Crippen LogP contribution in [0.25, 0.3) is 0 Å². The van der Waals surface area contributed by atoms with Crippen LogP contribution in [0.4, 0.5) is 8.78 Å². The van der Waals surface area contributed by atoms with E-state index in [-0.39, 0.29) is 17.9 Å². The molecule has 0 amide bonds. The Hall–Kier alpha value is -1.36. The van der Waals surface area contributed by atoms with Gasteiger partial charge < -0.3 is 14.9 Å². The largest absolute Gasteiger partial charge is 0.505 e. The molecule has 0 spiro atoms. The lowest BCUT2D eigenvalue weighted by molar-refractivity contribution is 0.263. The third kappa shape index (κ3) is 2.02. The molecule has 5 heteroatoms. The van der Waals surface area contributed by atoms with E-state index >= 15 is 0 Å². The van der Waals surface area contributed by atoms with Crippen molar-refractivity contribution in [3.8, 4) is 11.5 Å². The van der Waals surface area contributed by atoms with Crippen LogP contribution in [0.5, 0.6) is 11.5 Å². The molecule has 0 aliphatic rings. The number of hydrogen-bond acceptors (Lipinski definition) is 3. The molecule has 15 heavy (non-hydrogen) atoms. The van der Waals surface area contributed by atoms with Crippen LogP contribution in [0.3, 0.4) is 0 Å². The first-order valence-corrected chi connectivity index (χ1v) is 4.38. The molecule has 0 aliphatic carbocycles. The van der Waals surface area contributed by atoms with Crippen LogP contribution in [0.15, 0.2) is 6.07 Å². The molecular formula is C10H12F2O3. The molecule has 84 valence electrons. The third-order valence-corrected chi connectivity index (χ3v) is 2.17. The predicted octanol–water partition coefficient (Wildman–Crippen LogP) is 1.77. The molecule has 0 saturated heterocycles. The number of hydrogen-bond donors (Lipinski definition) is 2. The van der Waals surface area contributed by atoms with Gasteiger partial charge in [-0.2, -0.15) is 0 Å². The van der Waals surface area contributed by atoms with E-state index in [0.29, 0.717) is 6.07 Å². The average molecular weight is 218 g/mol. The van der Waals surface area contributed by atoms with Crippen molar-refractivity contribution in [2.75, 3.05) is 13.7 Å². The van der Waals surface area contributed by atoms with Crippen molar-refractivity contribution in [3.05, 3.63) is 23.3 Å². The minimum absolute atomic E-state index is 0.0579. The standard InChI is InChI=1S/C10H12F2O3/c1-5(4-13)8-9(14)6(11)3-7(12)10(8)15-2/h3,5,13-14H,4H2,1-2H3. The van der Waals surface area contributed by atoms with Gasteiger partial charge in [-0.3, -0.25) is 0 Å². The Kier molecular flexibility index (Phi) is 3.47. The number of rotatable bonds is 3. The smallest absolute Gasteiger partial charge is 0.168 e. The highest BCUT2D eigenvalue weighted by Crippen LogP contribution is 2.38. The number of phenols is 1. The maximum Gasteiger partial charge on any atom is 0.168 e. The van der Waals surface area contributed by atoms with Gasteiger partial charge in [-0.1, -0.05) is 6.92 Å². The first kappa shape index (κ1) is 11.7. The number of methoxy groups -OCH3 is 1. The van der Waals surface area contributed by atoms with Crippen molar-refractivity contribution in [3.63, 3.8) is 0 Å². The third-order valence-electron chi connectivity index (χ3n) is 2.17. The Bertz CT molecular complexity index is 366. The van der Waals surface area contributed by atoms with Crippen molar-refractivity contribution in [1.82, 2.24) is 0 Å². The van der Waals surface area contributed by atoms with Crippen molar-refractivity contribution in [2.45, 2.75) is 12.8 Å². The van der Waals surface area contributed by atoms with E-state index in [1.165, 1.54) is 14.0 Å². The first-order valence-electron chi connectivity index (χ1n) is 4.38. The summed E-state index contributed by atoms with van der Waals surface area (Å²) in [7, 11) is 1.21. The van der Waals surface area contributed by atoms with Crippen molar-refractivity contribution in [1.29, 1.82) is 0 Å². The van der Waals surface area contributed by atoms with Crippen LogP contribution in [0.1, 0.15) is 18.4 Å². The highest BCUT2D eigenvalue weighted by Gasteiger charge is 2.22. The van der Waals surface area contributed by atoms with Gasteiger partial charge in [0.2, 0.25) is 0 Å². The topological polar surface area (TPSA) is 49.7 Å². The van der Waals surface area contributed by atoms with Crippen LogP contribution in [0.2, 0.25) is 0 Å². The van der Waals surface area contributed by atoms with Crippen molar-refractivity contribution >= 4 is 0 Å². The molecule has 0 bridgehead atoms. The summed E-state index contributed by atoms with van der Waals surface area (Å²) in [5.41, 5.74) is -0.0579. The van der Waals surface area contributed by atoms with Crippen LogP contribution in [0, 0.1) is 11.6 Å². The summed E-state index contributed by atoms with van der Waals surface area (Å²) in [6.07, 6.45) is 0. The van der Waals surface area contributed by atoms with E-state index in [1.807, 2.05) is 0 Å². The van der Waals surface area contributed by atoms with E-state index in [2.05, 4.69) is 0 Å². The van der Waals surface area contributed by atoms with Gasteiger partial charge in [0, 0.05) is 24.2 Å². The zero-order chi connectivity index (χ0) is 11.6. The Morgan fingerprint density at radius 3 is 2.47 bits per heavy atom. The number of phenolic OH excluding ortho intramolecular Hbond substituents is 1. The van der Waals surface area contributed by atoms with Gasteiger partial charge in [-0.25, -0.2) is 8.78 Å². The lowest BCUT2D eigenvalue weighted by atomic mass is 9.99. The van der Waals surface area contributed by atoms with Crippen LogP contribution >= 0.6 is 0 Å². The molecule has 1 aromatic carbocycles. The average Bonchev–Trinajstić information content (AvgIpc) is 2.21. The molecule has 0 saturated carbocycles. The zero-order valence-corrected chi connectivity index (χ0v) is 8.42. The van der Waals surface area contributed by atoms with Crippen LogP contribution in [-0.2, 0) is 0 Å². The fraction of sp³-hybridized carbons (Fsp3) is 0.400. The molecule has 1 aromatic rings. The highest BCUT2D eigenvalue weighted by atomic mass is 19.1. The summed E-state index contributed by atoms with van der Waals surface area (Å²) in [4.78, 5) is 0. The minimum atomic E-state index is -1.07. The molecule has 0 aliphatic heterocycles. The first-order chi connectivity index (χ1) is 7.02. The Morgan fingerprint density at radius 2 is 2.00 bits per heavy atom. The number of ether oxygens (including phenoxy) is 1. The molecule has 0 heterocycles. The van der Waals surface area contributed by atoms with E-state index in [4.69, 9.17) is 9.84 Å². The van der Waals surface area contributed by atoms with Crippen LogP contribution in [-0.4, -0.2) is 23.9 Å². The lowest BCUT2D eigenvalue weighted by Crippen LogP contribution is -2.05. The van der Waals surface area contributed by atoms with Crippen molar-refractivity contribution < 1.29 is 23.7 Å². The maximum atomic E-state index is 13.2. The molecule has 0 fully saturated rings. The van der Waals surface area contributed by atoms with Gasteiger partial charge in [0.25, 0.3) is 0 Å². The molecule has 1 unspecified atom stereocenters. The number of benzene rings is 1. The van der Waals surface area contributed by atoms with E-state index in [1.54, 1.807) is 0 Å². The van der Waals surface area contributed by atoms with E-state index < -0.39 is 23.3 Å². The minimum Gasteiger partial charge on any atom is -0.505 e. The van der Waals surface area contributed by atoms with Gasteiger partial charge in [0.1, 0.15) is 0 Å². The fourth-order valence-electron chi connectivity index (χ4n) is 1.37. The maximum absolute atomic E-state index is 13.2. The Balaban J connectivity index is 3.43. The summed E-state index contributed by atoms with van der Waals surface area (Å²) in [6, 6.07) is 0.543. The quantitative estimate of drug-likeness (QED) is 0.812. The van der Waals surface area contributed by atoms with Crippen molar-refractivity contribution in [2.24, 2.45) is 0 Å². The van der Waals surface area contributed by atoms with Gasteiger partial charge >= 0.3 is 0 Å². The van der Waals surface area contributed by atoms with E-state index in [0.717, 1.165) is 0 Å². The summed E-state index contributed by atoms with van der Waals surface area (Å²) >= 11 is 0. The molecule has 0 radical (unpaired) electrons. The van der Waals surface area contributed by atoms with Gasteiger partial charge in [-0.15, -0.1) is 0 Å². The summed E-state index contributed by atoms with van der Waals surface area (Å²) in [6.45, 7) is 1.18. The number of aromatic hydroxyl groups is 1. The molecule has 2 N–H and O–H groups in total. The monoisotopic (exact) mass is 218 g/mol. The zero-order valence-electron chi connectivity index (χ0n) is 8.42. The van der Waals surface area contributed by atoms with E-state index in [9.17, 15) is 13.9 Å².